The number of hydrazone groups is 1. The van der Waals surface area contributed by atoms with Gasteiger partial charge in [-0.05, 0) is 42.3 Å². The standard InChI is InChI=1S/C23H20BrClN2O2S/c1-2-28-20-13-17(23-27-26-22(30-23)16-6-4-3-5-7-16)12-19(25)21(20)29-14-15-8-10-18(24)11-9-15/h3-13,23,27H,2,14H2,1H3/t23-/m1/s1. The van der Waals surface area contributed by atoms with E-state index in [-0.39, 0.29) is 5.37 Å². The van der Waals surface area contributed by atoms with Crippen LogP contribution in [0.25, 0.3) is 0 Å². The highest BCUT2D eigenvalue weighted by Gasteiger charge is 2.25. The van der Waals surface area contributed by atoms with Gasteiger partial charge in [-0.25, -0.2) is 0 Å². The quantitative estimate of drug-likeness (QED) is 0.386. The van der Waals surface area contributed by atoms with Crippen molar-refractivity contribution in [2.75, 3.05) is 6.61 Å². The summed E-state index contributed by atoms with van der Waals surface area (Å²) in [7, 11) is 0. The lowest BCUT2D eigenvalue weighted by Crippen LogP contribution is -2.08. The number of nitrogens with zero attached hydrogens (tertiary/aromatic N) is 1. The van der Waals surface area contributed by atoms with Gasteiger partial charge in [0.05, 0.1) is 11.6 Å². The van der Waals surface area contributed by atoms with Crippen LogP contribution in [-0.4, -0.2) is 11.7 Å². The summed E-state index contributed by atoms with van der Waals surface area (Å²) >= 11 is 11.7. The van der Waals surface area contributed by atoms with Gasteiger partial charge in [0, 0.05) is 10.0 Å². The average Bonchev–Trinajstić information content (AvgIpc) is 3.25. The molecule has 0 aliphatic carbocycles. The van der Waals surface area contributed by atoms with Gasteiger partial charge in [-0.2, -0.15) is 5.10 Å². The first-order chi connectivity index (χ1) is 14.6. The van der Waals surface area contributed by atoms with Crippen molar-refractivity contribution in [3.63, 3.8) is 0 Å². The molecule has 0 bridgehead atoms. The third-order valence-corrected chi connectivity index (χ3v) is 6.44. The van der Waals surface area contributed by atoms with Crippen LogP contribution in [0.1, 0.15) is 29.0 Å². The van der Waals surface area contributed by atoms with Gasteiger partial charge in [-0.1, -0.05) is 81.8 Å². The van der Waals surface area contributed by atoms with Crippen LogP contribution < -0.4 is 14.9 Å². The maximum absolute atomic E-state index is 6.61. The normalized spacial score (nSPS) is 15.4. The lowest BCUT2D eigenvalue weighted by atomic mass is 10.2. The van der Waals surface area contributed by atoms with Gasteiger partial charge in [0.2, 0.25) is 0 Å². The molecular weight excluding hydrogens is 484 g/mol. The SMILES string of the molecule is CCOc1cc([C@@H]2NN=C(c3ccccc3)S2)cc(Cl)c1OCc1ccc(Br)cc1. The lowest BCUT2D eigenvalue weighted by molar-refractivity contribution is 0.269. The summed E-state index contributed by atoms with van der Waals surface area (Å²) in [5.74, 6) is 1.19. The number of ether oxygens (including phenoxy) is 2. The van der Waals surface area contributed by atoms with Gasteiger partial charge in [-0.3, -0.25) is 5.43 Å². The van der Waals surface area contributed by atoms with E-state index in [1.165, 1.54) is 0 Å². The molecule has 0 saturated heterocycles. The molecule has 30 heavy (non-hydrogen) atoms. The summed E-state index contributed by atoms with van der Waals surface area (Å²) in [6.45, 7) is 2.87. The predicted octanol–water partition coefficient (Wildman–Crippen LogP) is 6.78. The molecule has 7 heteroatoms. The van der Waals surface area contributed by atoms with Crippen LogP contribution in [0.15, 0.2) is 76.3 Å². The maximum atomic E-state index is 6.61. The third kappa shape index (κ3) is 4.94. The average molecular weight is 504 g/mol. The van der Waals surface area contributed by atoms with E-state index in [4.69, 9.17) is 21.1 Å². The highest BCUT2D eigenvalue weighted by molar-refractivity contribution is 9.10. The van der Waals surface area contributed by atoms with Crippen LogP contribution in [0.5, 0.6) is 11.5 Å². The molecule has 1 aliphatic rings. The first-order valence-electron chi connectivity index (χ1n) is 9.53. The number of hydrogen-bond acceptors (Lipinski definition) is 5. The zero-order valence-electron chi connectivity index (χ0n) is 16.3. The van der Waals surface area contributed by atoms with Crippen molar-refractivity contribution >= 4 is 44.3 Å². The Balaban J connectivity index is 1.52. The Labute approximate surface area is 193 Å². The fourth-order valence-electron chi connectivity index (χ4n) is 3.02. The summed E-state index contributed by atoms with van der Waals surface area (Å²) in [4.78, 5) is 0. The Hall–Kier alpha value is -2.15. The summed E-state index contributed by atoms with van der Waals surface area (Å²) < 4.78 is 12.9. The van der Waals surface area contributed by atoms with E-state index in [1.807, 2.05) is 73.7 Å². The second-order valence-electron chi connectivity index (χ2n) is 6.59. The van der Waals surface area contributed by atoms with Crippen molar-refractivity contribution in [2.45, 2.75) is 18.9 Å². The molecule has 0 saturated carbocycles. The second-order valence-corrected chi connectivity index (χ2v) is 9.00. The van der Waals surface area contributed by atoms with Crippen LogP contribution in [0.2, 0.25) is 5.02 Å². The molecule has 0 fully saturated rings. The Morgan fingerprint density at radius 1 is 1.07 bits per heavy atom. The van der Waals surface area contributed by atoms with Crippen molar-refractivity contribution in [3.8, 4) is 11.5 Å². The molecule has 1 N–H and O–H groups in total. The van der Waals surface area contributed by atoms with Gasteiger partial charge >= 0.3 is 0 Å². The Morgan fingerprint density at radius 2 is 1.83 bits per heavy atom. The van der Waals surface area contributed by atoms with Crippen LogP contribution in [0.4, 0.5) is 0 Å². The zero-order valence-corrected chi connectivity index (χ0v) is 19.4. The molecule has 3 aromatic carbocycles. The number of hydrogen-bond donors (Lipinski definition) is 1. The first kappa shape index (κ1) is 21.1. The summed E-state index contributed by atoms with van der Waals surface area (Å²) in [6, 6.07) is 22.0. The Bertz CT molecular complexity index is 1050. The molecule has 0 aromatic heterocycles. The molecule has 0 spiro atoms. The van der Waals surface area contributed by atoms with Gasteiger partial charge < -0.3 is 9.47 Å². The smallest absolute Gasteiger partial charge is 0.180 e. The van der Waals surface area contributed by atoms with E-state index in [0.717, 1.165) is 26.2 Å². The molecule has 4 rings (SSSR count). The minimum absolute atomic E-state index is 0.0440. The summed E-state index contributed by atoms with van der Waals surface area (Å²) in [5.41, 5.74) is 6.31. The van der Waals surface area contributed by atoms with E-state index >= 15 is 0 Å². The third-order valence-electron chi connectivity index (χ3n) is 4.46. The summed E-state index contributed by atoms with van der Waals surface area (Å²) in [6.07, 6.45) is 0. The maximum Gasteiger partial charge on any atom is 0.180 e. The van der Waals surface area contributed by atoms with Crippen LogP contribution in [0.3, 0.4) is 0 Å². The van der Waals surface area contributed by atoms with E-state index in [1.54, 1.807) is 11.8 Å². The van der Waals surface area contributed by atoms with E-state index < -0.39 is 0 Å². The van der Waals surface area contributed by atoms with Crippen molar-refractivity contribution in [3.05, 3.63) is 92.9 Å². The molecule has 154 valence electrons. The van der Waals surface area contributed by atoms with Gasteiger partial charge in [-0.15, -0.1) is 0 Å². The number of thioether (sulfide) groups is 1. The van der Waals surface area contributed by atoms with Crippen LogP contribution in [-0.2, 0) is 6.61 Å². The fourth-order valence-corrected chi connectivity index (χ4v) is 4.53. The Kier molecular flexibility index (Phi) is 6.87. The predicted molar refractivity (Wildman–Crippen MR) is 128 cm³/mol. The molecule has 1 atom stereocenters. The topological polar surface area (TPSA) is 42.8 Å². The number of nitrogens with one attached hydrogen (secondary N) is 1. The molecule has 4 nitrogen and oxygen atoms in total. The molecule has 1 aliphatic heterocycles. The second kappa shape index (κ2) is 9.77. The molecule has 3 aromatic rings. The molecule has 0 unspecified atom stereocenters. The summed E-state index contributed by atoms with van der Waals surface area (Å²) in [5, 5.41) is 5.91. The van der Waals surface area contributed by atoms with Gasteiger partial charge in [0.25, 0.3) is 0 Å². The largest absolute Gasteiger partial charge is 0.490 e. The number of benzene rings is 3. The van der Waals surface area contributed by atoms with E-state index in [0.29, 0.717) is 29.7 Å². The minimum atomic E-state index is -0.0440. The number of halogens is 2. The molecule has 0 radical (unpaired) electrons. The highest BCUT2D eigenvalue weighted by atomic mass is 79.9. The molecule has 0 amide bonds. The van der Waals surface area contributed by atoms with E-state index in [9.17, 15) is 0 Å². The lowest BCUT2D eigenvalue weighted by Gasteiger charge is -2.17. The highest BCUT2D eigenvalue weighted by Crippen LogP contribution is 2.42. The molecular formula is C23H20BrClN2O2S. The molecule has 1 heterocycles. The Morgan fingerprint density at radius 3 is 2.57 bits per heavy atom. The van der Waals surface area contributed by atoms with Crippen LogP contribution >= 0.6 is 39.3 Å². The van der Waals surface area contributed by atoms with Crippen molar-refractivity contribution in [1.29, 1.82) is 0 Å². The van der Waals surface area contributed by atoms with Gasteiger partial charge in [0.15, 0.2) is 11.5 Å². The monoisotopic (exact) mass is 502 g/mol. The van der Waals surface area contributed by atoms with Crippen molar-refractivity contribution in [2.24, 2.45) is 5.10 Å². The fraction of sp³-hybridized carbons (Fsp3) is 0.174. The zero-order chi connectivity index (χ0) is 20.9. The minimum Gasteiger partial charge on any atom is -0.490 e. The van der Waals surface area contributed by atoms with E-state index in [2.05, 4.69) is 26.5 Å². The number of rotatable bonds is 7. The first-order valence-corrected chi connectivity index (χ1v) is 11.6. The van der Waals surface area contributed by atoms with Crippen molar-refractivity contribution in [1.82, 2.24) is 5.43 Å². The van der Waals surface area contributed by atoms with Crippen LogP contribution in [0, 0.1) is 0 Å². The van der Waals surface area contributed by atoms with Crippen molar-refractivity contribution < 1.29 is 9.47 Å². The van der Waals surface area contributed by atoms with Gasteiger partial charge in [0.1, 0.15) is 17.0 Å².